The molecule has 1 unspecified atom stereocenters. The zero-order valence-corrected chi connectivity index (χ0v) is 13.4. The van der Waals surface area contributed by atoms with Gasteiger partial charge in [0.2, 0.25) is 5.91 Å². The summed E-state index contributed by atoms with van der Waals surface area (Å²) in [4.78, 5) is 23.0. The molecular weight excluding hydrogens is 290 g/mol. The minimum absolute atomic E-state index is 0.0896. The molecule has 0 aliphatic carbocycles. The van der Waals surface area contributed by atoms with Crippen molar-refractivity contribution in [1.82, 2.24) is 0 Å². The maximum Gasteiger partial charge on any atom is 0.310 e. The number of aryl methyl sites for hydroxylation is 1. The third-order valence-electron chi connectivity index (χ3n) is 3.86. The van der Waals surface area contributed by atoms with Crippen molar-refractivity contribution in [1.29, 1.82) is 0 Å². The molecule has 0 bridgehead atoms. The molecule has 0 saturated carbocycles. The van der Waals surface area contributed by atoms with Crippen LogP contribution in [0.5, 0.6) is 0 Å². The van der Waals surface area contributed by atoms with Crippen molar-refractivity contribution in [3.8, 4) is 0 Å². The average molecular weight is 311 g/mol. The summed E-state index contributed by atoms with van der Waals surface area (Å²) in [5.41, 5.74) is 3.60. The molecule has 0 radical (unpaired) electrons. The highest BCUT2D eigenvalue weighted by Crippen LogP contribution is 2.18. The van der Waals surface area contributed by atoms with E-state index in [0.29, 0.717) is 17.7 Å². The third-order valence-corrected chi connectivity index (χ3v) is 3.86. The molecule has 23 heavy (non-hydrogen) atoms. The lowest BCUT2D eigenvalue weighted by Crippen LogP contribution is -2.14. The lowest BCUT2D eigenvalue weighted by Gasteiger charge is -2.09. The van der Waals surface area contributed by atoms with Gasteiger partial charge < -0.3 is 10.4 Å². The molecule has 0 saturated heterocycles. The largest absolute Gasteiger partial charge is 0.481 e. The molecule has 0 spiro atoms. The van der Waals surface area contributed by atoms with Crippen LogP contribution >= 0.6 is 0 Å². The van der Waals surface area contributed by atoms with Crippen LogP contribution in [0.2, 0.25) is 0 Å². The number of benzene rings is 2. The highest BCUT2D eigenvalue weighted by atomic mass is 16.4. The second-order valence-corrected chi connectivity index (χ2v) is 5.58. The van der Waals surface area contributed by atoms with Gasteiger partial charge in [0.1, 0.15) is 0 Å². The number of hydrogen-bond donors (Lipinski definition) is 2. The number of rotatable bonds is 6. The summed E-state index contributed by atoms with van der Waals surface area (Å²) in [6, 6.07) is 14.9. The smallest absolute Gasteiger partial charge is 0.310 e. The molecule has 2 aromatic carbocycles. The summed E-state index contributed by atoms with van der Waals surface area (Å²) in [5.74, 6) is -1.51. The van der Waals surface area contributed by atoms with Crippen molar-refractivity contribution in [3.05, 3.63) is 65.2 Å². The van der Waals surface area contributed by atoms with Gasteiger partial charge in [0.25, 0.3) is 0 Å². The van der Waals surface area contributed by atoms with Crippen LogP contribution in [0.1, 0.15) is 36.5 Å². The minimum atomic E-state index is -0.864. The van der Waals surface area contributed by atoms with E-state index in [0.717, 1.165) is 12.0 Å². The zero-order valence-electron chi connectivity index (χ0n) is 13.4. The van der Waals surface area contributed by atoms with Gasteiger partial charge in [-0.1, -0.05) is 43.3 Å². The molecule has 120 valence electrons. The van der Waals surface area contributed by atoms with Gasteiger partial charge in [0.15, 0.2) is 0 Å². The molecule has 2 N–H and O–H groups in total. The lowest BCUT2D eigenvalue weighted by atomic mass is 10.0. The van der Waals surface area contributed by atoms with Crippen LogP contribution in [-0.4, -0.2) is 17.0 Å². The Bertz CT molecular complexity index is 675. The second-order valence-electron chi connectivity index (χ2n) is 5.58. The van der Waals surface area contributed by atoms with Crippen LogP contribution in [0, 0.1) is 0 Å². The number of carboxylic acid groups (broad SMARTS) is 1. The molecule has 1 amide bonds. The molecule has 2 aromatic rings. The third kappa shape index (κ3) is 4.68. The van der Waals surface area contributed by atoms with Crippen LogP contribution in [0.3, 0.4) is 0 Å². The molecule has 1 atom stereocenters. The number of hydrogen-bond acceptors (Lipinski definition) is 2. The van der Waals surface area contributed by atoms with E-state index in [2.05, 4.69) is 12.2 Å². The first-order valence-corrected chi connectivity index (χ1v) is 7.70. The van der Waals surface area contributed by atoms with Crippen LogP contribution in [0.15, 0.2) is 48.5 Å². The average Bonchev–Trinajstić information content (AvgIpc) is 2.55. The predicted molar refractivity (Wildman–Crippen MR) is 90.6 cm³/mol. The molecule has 4 heteroatoms. The Kier molecular flexibility index (Phi) is 5.52. The fourth-order valence-electron chi connectivity index (χ4n) is 2.28. The summed E-state index contributed by atoms with van der Waals surface area (Å²) in [5, 5.41) is 11.8. The Balaban J connectivity index is 1.95. The molecule has 0 aromatic heterocycles. The first-order valence-electron chi connectivity index (χ1n) is 7.70. The Morgan fingerprint density at radius 3 is 2.09 bits per heavy atom. The number of amides is 1. The van der Waals surface area contributed by atoms with E-state index >= 15 is 0 Å². The number of anilines is 1. The maximum atomic E-state index is 12.1. The van der Waals surface area contributed by atoms with Gasteiger partial charge in [-0.3, -0.25) is 9.59 Å². The molecule has 0 heterocycles. The predicted octanol–water partition coefficient (Wildman–Crippen LogP) is 3.62. The Morgan fingerprint density at radius 2 is 1.57 bits per heavy atom. The van der Waals surface area contributed by atoms with Crippen LogP contribution < -0.4 is 5.32 Å². The second kappa shape index (κ2) is 7.58. The first-order chi connectivity index (χ1) is 11.0. The van der Waals surface area contributed by atoms with Gasteiger partial charge in [0.05, 0.1) is 12.3 Å². The van der Waals surface area contributed by atoms with E-state index < -0.39 is 11.9 Å². The van der Waals surface area contributed by atoms with Gasteiger partial charge >= 0.3 is 5.97 Å². The summed E-state index contributed by atoms with van der Waals surface area (Å²) in [7, 11) is 0. The zero-order chi connectivity index (χ0) is 16.8. The van der Waals surface area contributed by atoms with Gasteiger partial charge in [-0.05, 0) is 42.2 Å². The Morgan fingerprint density at radius 1 is 1.00 bits per heavy atom. The van der Waals surface area contributed by atoms with Gasteiger partial charge in [-0.15, -0.1) is 0 Å². The maximum absolute atomic E-state index is 12.1. The van der Waals surface area contributed by atoms with Crippen molar-refractivity contribution in [2.24, 2.45) is 0 Å². The summed E-state index contributed by atoms with van der Waals surface area (Å²) in [6.45, 7) is 3.73. The van der Waals surface area contributed by atoms with E-state index in [4.69, 9.17) is 5.11 Å². The Hall–Kier alpha value is -2.62. The Labute approximate surface area is 136 Å². The SMILES string of the molecule is CCc1ccc(CC(=O)Nc2ccc(C(C)C(=O)O)cc2)cc1. The minimum Gasteiger partial charge on any atom is -0.481 e. The number of aliphatic carboxylic acids is 1. The fourth-order valence-corrected chi connectivity index (χ4v) is 2.28. The van der Waals surface area contributed by atoms with E-state index in [9.17, 15) is 9.59 Å². The van der Waals surface area contributed by atoms with Crippen molar-refractivity contribution >= 4 is 17.6 Å². The molecule has 4 nitrogen and oxygen atoms in total. The van der Waals surface area contributed by atoms with Gasteiger partial charge in [0, 0.05) is 5.69 Å². The monoisotopic (exact) mass is 311 g/mol. The topological polar surface area (TPSA) is 66.4 Å². The summed E-state index contributed by atoms with van der Waals surface area (Å²) < 4.78 is 0. The molecule has 0 fully saturated rings. The van der Waals surface area contributed by atoms with Crippen molar-refractivity contribution in [3.63, 3.8) is 0 Å². The van der Waals surface area contributed by atoms with Crippen LogP contribution in [0.4, 0.5) is 5.69 Å². The van der Waals surface area contributed by atoms with E-state index in [1.807, 2.05) is 24.3 Å². The van der Waals surface area contributed by atoms with E-state index in [-0.39, 0.29) is 5.91 Å². The van der Waals surface area contributed by atoms with Gasteiger partial charge in [-0.2, -0.15) is 0 Å². The fraction of sp³-hybridized carbons (Fsp3) is 0.263. The standard InChI is InChI=1S/C19H21NO3/c1-3-14-4-6-15(7-5-14)12-18(21)20-17-10-8-16(9-11-17)13(2)19(22)23/h4-11,13H,3,12H2,1-2H3,(H,20,21)(H,22,23). The first kappa shape index (κ1) is 16.7. The normalized spacial score (nSPS) is 11.7. The number of carbonyl (C=O) groups is 2. The van der Waals surface area contributed by atoms with Crippen LogP contribution in [-0.2, 0) is 22.4 Å². The molecular formula is C19H21NO3. The summed E-state index contributed by atoms with van der Waals surface area (Å²) >= 11 is 0. The molecule has 0 aliphatic rings. The van der Waals surface area contributed by atoms with Crippen molar-refractivity contribution in [2.75, 3.05) is 5.32 Å². The number of nitrogens with one attached hydrogen (secondary N) is 1. The number of carboxylic acids is 1. The van der Waals surface area contributed by atoms with E-state index in [1.165, 1.54) is 5.56 Å². The summed E-state index contributed by atoms with van der Waals surface area (Å²) in [6.07, 6.45) is 1.30. The van der Waals surface area contributed by atoms with Crippen molar-refractivity contribution in [2.45, 2.75) is 32.6 Å². The number of carbonyl (C=O) groups excluding carboxylic acids is 1. The lowest BCUT2D eigenvalue weighted by molar-refractivity contribution is -0.138. The molecule has 2 rings (SSSR count). The van der Waals surface area contributed by atoms with Crippen LogP contribution in [0.25, 0.3) is 0 Å². The quantitative estimate of drug-likeness (QED) is 0.856. The van der Waals surface area contributed by atoms with Crippen molar-refractivity contribution < 1.29 is 14.7 Å². The highest BCUT2D eigenvalue weighted by molar-refractivity contribution is 5.92. The highest BCUT2D eigenvalue weighted by Gasteiger charge is 2.13. The molecule has 0 aliphatic heterocycles. The van der Waals surface area contributed by atoms with E-state index in [1.54, 1.807) is 31.2 Å². The van der Waals surface area contributed by atoms with Gasteiger partial charge in [-0.25, -0.2) is 0 Å².